The van der Waals surface area contributed by atoms with Gasteiger partial charge in [-0.15, -0.1) is 0 Å². The van der Waals surface area contributed by atoms with Crippen molar-refractivity contribution in [2.45, 2.75) is 245 Å². The highest BCUT2D eigenvalue weighted by molar-refractivity contribution is 5.70. The van der Waals surface area contributed by atoms with Crippen molar-refractivity contribution in [2.24, 2.45) is 0 Å². The van der Waals surface area contributed by atoms with Crippen LogP contribution in [0.15, 0.2) is 48.6 Å². The summed E-state index contributed by atoms with van der Waals surface area (Å²) in [6.07, 6.45) is 56.8. The Kier molecular flexibility index (Phi) is 45.4. The molecule has 0 aromatic heterocycles. The normalized spacial score (nSPS) is 12.6. The van der Waals surface area contributed by atoms with Crippen LogP contribution in [0.25, 0.3) is 0 Å². The van der Waals surface area contributed by atoms with Crippen LogP contribution in [0.2, 0.25) is 0 Å². The number of carbonyl (C=O) groups excluding carboxylic acids is 2. The molecule has 0 aliphatic rings. The minimum atomic E-state index is -0.539. The van der Waals surface area contributed by atoms with Crippen LogP contribution < -0.4 is 0 Å². The Morgan fingerprint density at radius 3 is 1.36 bits per heavy atom. The van der Waals surface area contributed by atoms with E-state index in [-0.39, 0.29) is 25.2 Å². The fourth-order valence-corrected chi connectivity index (χ4v) is 6.74. The summed E-state index contributed by atoms with van der Waals surface area (Å²) in [5.41, 5.74) is 0. The first-order valence-corrected chi connectivity index (χ1v) is 24.2. The van der Waals surface area contributed by atoms with Crippen LogP contribution in [-0.4, -0.2) is 37.9 Å². The van der Waals surface area contributed by atoms with Gasteiger partial charge in [0.2, 0.25) is 0 Å². The summed E-state index contributed by atoms with van der Waals surface area (Å²) in [7, 11) is 0. The Balaban J connectivity index is 4.23. The third-order valence-corrected chi connectivity index (χ3v) is 10.3. The fourth-order valence-electron chi connectivity index (χ4n) is 6.74. The second-order valence-corrected chi connectivity index (χ2v) is 16.0. The molecule has 0 aliphatic heterocycles. The quantitative estimate of drug-likeness (QED) is 0.0350. The minimum Gasteiger partial charge on any atom is -0.462 e. The van der Waals surface area contributed by atoms with E-state index in [4.69, 9.17) is 14.2 Å². The van der Waals surface area contributed by atoms with Crippen molar-refractivity contribution in [3.63, 3.8) is 0 Å². The van der Waals surface area contributed by atoms with Crippen LogP contribution in [0.1, 0.15) is 239 Å². The highest BCUT2D eigenvalue weighted by Crippen LogP contribution is 2.14. The van der Waals surface area contributed by atoms with E-state index in [1.165, 1.54) is 122 Å². The van der Waals surface area contributed by atoms with Gasteiger partial charge < -0.3 is 14.2 Å². The molecule has 0 spiro atoms. The lowest BCUT2D eigenvalue weighted by molar-refractivity contribution is -0.163. The Hall–Kier alpha value is -2.14. The van der Waals surface area contributed by atoms with Gasteiger partial charge in [-0.1, -0.05) is 204 Å². The fraction of sp³-hybridized carbons (Fsp3) is 0.804. The first-order valence-electron chi connectivity index (χ1n) is 24.2. The molecule has 0 heterocycles. The van der Waals surface area contributed by atoms with E-state index >= 15 is 0 Å². The van der Waals surface area contributed by atoms with Gasteiger partial charge in [0.25, 0.3) is 0 Å². The van der Waals surface area contributed by atoms with Crippen LogP contribution in [0.4, 0.5) is 0 Å². The molecule has 5 nitrogen and oxygen atoms in total. The second kappa shape index (κ2) is 47.2. The number of carbonyl (C=O) groups is 2. The number of allylic oxidation sites excluding steroid dienone is 8. The van der Waals surface area contributed by atoms with E-state index in [1.807, 2.05) is 0 Å². The molecule has 0 rings (SSSR count). The van der Waals surface area contributed by atoms with Gasteiger partial charge in [0, 0.05) is 19.4 Å². The molecular weight excluding hydrogens is 693 g/mol. The van der Waals surface area contributed by atoms with Crippen molar-refractivity contribution < 1.29 is 23.8 Å². The van der Waals surface area contributed by atoms with Gasteiger partial charge in [0.15, 0.2) is 6.10 Å². The standard InChI is InChI=1S/C51H92O5/c1-4-7-10-13-16-19-22-24-25-26-27-28-30-32-35-38-41-44-50(52)55-48-49(47-54-46-43-40-37-34-31-23-20-17-14-11-8-5-2)56-51(53)45-42-39-36-33-29-21-18-15-12-9-6-3/h7,10,15-16,18-19,24-25,49H,4-6,8-9,11-14,17,20-23,26-48H2,1-3H3/b10-7-,18-15-,19-16-,25-24-. The molecule has 0 aliphatic carbocycles. The van der Waals surface area contributed by atoms with Crippen molar-refractivity contribution in [1.82, 2.24) is 0 Å². The van der Waals surface area contributed by atoms with E-state index in [9.17, 15) is 9.59 Å². The highest BCUT2D eigenvalue weighted by atomic mass is 16.6. The van der Waals surface area contributed by atoms with Crippen molar-refractivity contribution in [1.29, 1.82) is 0 Å². The zero-order valence-corrected chi connectivity index (χ0v) is 37.4. The zero-order valence-electron chi connectivity index (χ0n) is 37.4. The first kappa shape index (κ1) is 53.9. The lowest BCUT2D eigenvalue weighted by Crippen LogP contribution is -2.30. The summed E-state index contributed by atoms with van der Waals surface area (Å²) in [6, 6.07) is 0. The average Bonchev–Trinajstić information content (AvgIpc) is 3.20. The number of esters is 2. The molecule has 5 heteroatoms. The van der Waals surface area contributed by atoms with E-state index in [0.717, 1.165) is 83.5 Å². The molecule has 56 heavy (non-hydrogen) atoms. The topological polar surface area (TPSA) is 61.8 Å². The van der Waals surface area contributed by atoms with Gasteiger partial charge >= 0.3 is 11.9 Å². The van der Waals surface area contributed by atoms with E-state index in [0.29, 0.717) is 19.4 Å². The van der Waals surface area contributed by atoms with Gasteiger partial charge in [0.1, 0.15) is 6.61 Å². The van der Waals surface area contributed by atoms with E-state index in [2.05, 4.69) is 69.4 Å². The molecule has 0 N–H and O–H groups in total. The molecule has 326 valence electrons. The summed E-state index contributed by atoms with van der Waals surface area (Å²) in [5.74, 6) is -0.413. The molecule has 0 radical (unpaired) electrons. The second-order valence-electron chi connectivity index (χ2n) is 16.0. The Labute approximate surface area is 348 Å². The first-order chi connectivity index (χ1) is 27.6. The molecule has 0 aromatic rings. The largest absolute Gasteiger partial charge is 0.462 e. The number of ether oxygens (including phenoxy) is 3. The lowest BCUT2D eigenvalue weighted by atomic mass is 10.1. The maximum atomic E-state index is 12.7. The van der Waals surface area contributed by atoms with Gasteiger partial charge in [-0.2, -0.15) is 0 Å². The van der Waals surface area contributed by atoms with Gasteiger partial charge in [-0.25, -0.2) is 0 Å². The predicted octanol–water partition coefficient (Wildman–Crippen LogP) is 16.0. The maximum Gasteiger partial charge on any atom is 0.306 e. The van der Waals surface area contributed by atoms with Crippen LogP contribution in [0, 0.1) is 0 Å². The van der Waals surface area contributed by atoms with Gasteiger partial charge in [-0.3, -0.25) is 9.59 Å². The Morgan fingerprint density at radius 2 is 0.821 bits per heavy atom. The highest BCUT2D eigenvalue weighted by Gasteiger charge is 2.17. The third-order valence-electron chi connectivity index (χ3n) is 10.3. The smallest absolute Gasteiger partial charge is 0.306 e. The lowest BCUT2D eigenvalue weighted by Gasteiger charge is -2.18. The summed E-state index contributed by atoms with van der Waals surface area (Å²) in [5, 5.41) is 0. The molecule has 0 saturated carbocycles. The SMILES string of the molecule is CC/C=C\C/C=C\C/C=C\CCCCCCCCCC(=O)OCC(COCCCCCCCCCCCCCC)OC(=O)CCCCCCC/C=C\CCCC. The molecule has 0 fully saturated rings. The molecule has 1 unspecified atom stereocenters. The van der Waals surface area contributed by atoms with Crippen molar-refractivity contribution in [3.8, 4) is 0 Å². The van der Waals surface area contributed by atoms with Crippen LogP contribution in [0.5, 0.6) is 0 Å². The monoisotopic (exact) mass is 785 g/mol. The summed E-state index contributed by atoms with van der Waals surface area (Å²) in [4.78, 5) is 25.3. The van der Waals surface area contributed by atoms with Crippen molar-refractivity contribution in [3.05, 3.63) is 48.6 Å². The van der Waals surface area contributed by atoms with E-state index < -0.39 is 6.10 Å². The maximum absolute atomic E-state index is 12.7. The van der Waals surface area contributed by atoms with Crippen molar-refractivity contribution in [2.75, 3.05) is 19.8 Å². The molecular formula is C51H92O5. The third kappa shape index (κ3) is 44.6. The molecule has 0 bridgehead atoms. The van der Waals surface area contributed by atoms with Crippen LogP contribution in [0.3, 0.4) is 0 Å². The average molecular weight is 785 g/mol. The Morgan fingerprint density at radius 1 is 0.411 bits per heavy atom. The Bertz CT molecular complexity index is 935. The number of rotatable bonds is 44. The van der Waals surface area contributed by atoms with E-state index in [1.54, 1.807) is 0 Å². The molecule has 1 atom stereocenters. The molecule has 0 aromatic carbocycles. The van der Waals surface area contributed by atoms with Crippen LogP contribution in [-0.2, 0) is 23.8 Å². The number of hydrogen-bond donors (Lipinski definition) is 0. The summed E-state index contributed by atoms with van der Waals surface area (Å²) >= 11 is 0. The van der Waals surface area contributed by atoms with Crippen LogP contribution >= 0.6 is 0 Å². The van der Waals surface area contributed by atoms with Crippen molar-refractivity contribution >= 4 is 11.9 Å². The summed E-state index contributed by atoms with van der Waals surface area (Å²) in [6.45, 7) is 7.68. The zero-order chi connectivity index (χ0) is 40.7. The van der Waals surface area contributed by atoms with Gasteiger partial charge in [-0.05, 0) is 70.6 Å². The molecule has 0 saturated heterocycles. The number of hydrogen-bond acceptors (Lipinski definition) is 5. The predicted molar refractivity (Wildman–Crippen MR) is 242 cm³/mol. The van der Waals surface area contributed by atoms with Gasteiger partial charge in [0.05, 0.1) is 6.61 Å². The minimum absolute atomic E-state index is 0.0792. The number of unbranched alkanes of at least 4 members (excludes halogenated alkanes) is 25. The molecule has 0 amide bonds. The summed E-state index contributed by atoms with van der Waals surface area (Å²) < 4.78 is 17.3.